The summed E-state index contributed by atoms with van der Waals surface area (Å²) in [4.78, 5) is 20.7. The zero-order chi connectivity index (χ0) is 13.3. The lowest BCUT2D eigenvalue weighted by Gasteiger charge is -2.03. The molecule has 0 aliphatic heterocycles. The highest BCUT2D eigenvalue weighted by molar-refractivity contribution is 5.88. The van der Waals surface area contributed by atoms with Crippen LogP contribution in [0.1, 0.15) is 21.8 Å². The summed E-state index contributed by atoms with van der Waals surface area (Å²) >= 11 is 0. The molecule has 2 aromatic rings. The molecule has 0 aliphatic carbocycles. The zero-order valence-corrected chi connectivity index (χ0v) is 9.49. The molecule has 7 heteroatoms. The van der Waals surface area contributed by atoms with Crippen molar-refractivity contribution in [1.82, 2.24) is 4.57 Å². The Morgan fingerprint density at radius 3 is 2.72 bits per heavy atom. The van der Waals surface area contributed by atoms with Crippen LogP contribution in [0.25, 0.3) is 0 Å². The van der Waals surface area contributed by atoms with E-state index < -0.39 is 10.9 Å². The highest BCUT2D eigenvalue weighted by atomic mass is 16.6. The molecular formula is C11H10N2O5. The van der Waals surface area contributed by atoms with Crippen LogP contribution < -0.4 is 0 Å². The second-order valence-electron chi connectivity index (χ2n) is 3.74. The van der Waals surface area contributed by atoms with Crippen LogP contribution in [0.4, 0.5) is 5.88 Å². The highest BCUT2D eigenvalue weighted by Crippen LogP contribution is 2.18. The summed E-state index contributed by atoms with van der Waals surface area (Å²) in [5, 5.41) is 19.4. The van der Waals surface area contributed by atoms with E-state index in [1.165, 1.54) is 18.2 Å². The van der Waals surface area contributed by atoms with Crippen molar-refractivity contribution >= 4 is 11.9 Å². The number of nitrogens with zero attached hydrogens (tertiary/aromatic N) is 2. The summed E-state index contributed by atoms with van der Waals surface area (Å²) in [6.45, 7) is 1.92. The van der Waals surface area contributed by atoms with Gasteiger partial charge in [0.1, 0.15) is 10.7 Å². The minimum absolute atomic E-state index is 0.205. The van der Waals surface area contributed by atoms with Crippen LogP contribution in [0.2, 0.25) is 0 Å². The van der Waals surface area contributed by atoms with Crippen LogP contribution in [-0.2, 0) is 6.54 Å². The van der Waals surface area contributed by atoms with Crippen LogP contribution in [-0.4, -0.2) is 20.6 Å². The maximum absolute atomic E-state index is 10.9. The predicted molar refractivity (Wildman–Crippen MR) is 60.6 cm³/mol. The van der Waals surface area contributed by atoms with Gasteiger partial charge in [-0.15, -0.1) is 0 Å². The molecule has 94 valence electrons. The minimum atomic E-state index is -1.00. The third-order valence-corrected chi connectivity index (χ3v) is 2.63. The Morgan fingerprint density at radius 2 is 2.22 bits per heavy atom. The van der Waals surface area contributed by atoms with E-state index in [9.17, 15) is 14.9 Å². The van der Waals surface area contributed by atoms with Gasteiger partial charge >= 0.3 is 11.9 Å². The van der Waals surface area contributed by atoms with Crippen molar-refractivity contribution in [3.8, 4) is 0 Å². The Bertz CT molecular complexity index is 611. The number of hydrogen-bond donors (Lipinski definition) is 1. The van der Waals surface area contributed by atoms with Crippen molar-refractivity contribution in [2.75, 3.05) is 0 Å². The average Bonchev–Trinajstić information content (AvgIpc) is 2.87. The van der Waals surface area contributed by atoms with Gasteiger partial charge in [0.25, 0.3) is 0 Å². The lowest BCUT2D eigenvalue weighted by Crippen LogP contribution is -2.03. The number of rotatable bonds is 4. The van der Waals surface area contributed by atoms with Crippen LogP contribution in [0.5, 0.6) is 0 Å². The maximum atomic E-state index is 10.9. The lowest BCUT2D eigenvalue weighted by atomic mass is 10.2. The fourth-order valence-electron chi connectivity index (χ4n) is 1.67. The Labute approximate surface area is 101 Å². The van der Waals surface area contributed by atoms with Gasteiger partial charge in [-0.3, -0.25) is 10.1 Å². The van der Waals surface area contributed by atoms with Crippen molar-refractivity contribution in [2.45, 2.75) is 13.5 Å². The van der Waals surface area contributed by atoms with Crippen LogP contribution >= 0.6 is 0 Å². The number of carboxylic acid groups (broad SMARTS) is 1. The Balaban J connectivity index is 2.23. The normalized spacial score (nSPS) is 10.5. The molecule has 0 bridgehead atoms. The minimum Gasteiger partial charge on any atom is -0.478 e. The molecule has 0 saturated carbocycles. The van der Waals surface area contributed by atoms with Gasteiger partial charge in [-0.1, -0.05) is 0 Å². The predicted octanol–water partition coefficient (Wildman–Crippen LogP) is 2.04. The van der Waals surface area contributed by atoms with E-state index >= 15 is 0 Å². The molecule has 0 atom stereocenters. The average molecular weight is 250 g/mol. The first-order chi connectivity index (χ1) is 8.49. The Hall–Kier alpha value is -2.57. The van der Waals surface area contributed by atoms with Gasteiger partial charge < -0.3 is 14.1 Å². The van der Waals surface area contributed by atoms with E-state index in [1.54, 1.807) is 17.7 Å². The van der Waals surface area contributed by atoms with Gasteiger partial charge in [-0.05, 0) is 19.1 Å². The fraction of sp³-hybridized carbons (Fsp3) is 0.182. The number of furan rings is 1. The van der Waals surface area contributed by atoms with Gasteiger partial charge in [0, 0.05) is 11.9 Å². The van der Waals surface area contributed by atoms with Gasteiger partial charge in [-0.2, -0.15) is 0 Å². The monoisotopic (exact) mass is 250 g/mol. The molecular weight excluding hydrogens is 240 g/mol. The van der Waals surface area contributed by atoms with Crippen LogP contribution in [0.15, 0.2) is 28.8 Å². The molecule has 0 radical (unpaired) electrons. The second kappa shape index (κ2) is 4.36. The van der Waals surface area contributed by atoms with E-state index in [1.807, 2.05) is 0 Å². The van der Waals surface area contributed by atoms with E-state index in [0.717, 1.165) is 0 Å². The van der Waals surface area contributed by atoms with E-state index in [0.29, 0.717) is 11.5 Å². The van der Waals surface area contributed by atoms with Gasteiger partial charge in [-0.25, -0.2) is 4.79 Å². The van der Waals surface area contributed by atoms with Crippen LogP contribution in [0, 0.1) is 17.0 Å². The first-order valence-corrected chi connectivity index (χ1v) is 5.11. The molecule has 0 fully saturated rings. The first-order valence-electron chi connectivity index (χ1n) is 5.11. The standard InChI is InChI=1S/C11H10N2O5/c1-7-9(11(14)15)4-5-12(7)6-8-2-3-10(18-8)13(16)17/h2-5H,6H2,1H3,(H,14,15). The van der Waals surface area contributed by atoms with Crippen molar-refractivity contribution in [1.29, 1.82) is 0 Å². The second-order valence-corrected chi connectivity index (χ2v) is 3.74. The molecule has 0 aromatic carbocycles. The van der Waals surface area contributed by atoms with Gasteiger partial charge in [0.2, 0.25) is 0 Å². The van der Waals surface area contributed by atoms with Crippen molar-refractivity contribution < 1.29 is 19.2 Å². The molecule has 7 nitrogen and oxygen atoms in total. The topological polar surface area (TPSA) is 98.5 Å². The number of hydrogen-bond acceptors (Lipinski definition) is 4. The first kappa shape index (κ1) is 11.9. The molecule has 18 heavy (non-hydrogen) atoms. The molecule has 0 unspecified atom stereocenters. The smallest absolute Gasteiger partial charge is 0.433 e. The van der Waals surface area contributed by atoms with E-state index in [2.05, 4.69) is 0 Å². The third-order valence-electron chi connectivity index (χ3n) is 2.63. The molecule has 0 saturated heterocycles. The van der Waals surface area contributed by atoms with Gasteiger partial charge in [0.05, 0.1) is 18.2 Å². The van der Waals surface area contributed by atoms with Crippen LogP contribution in [0.3, 0.4) is 0 Å². The summed E-state index contributed by atoms with van der Waals surface area (Å²) in [5.74, 6) is -0.928. The highest BCUT2D eigenvalue weighted by Gasteiger charge is 2.15. The molecule has 2 rings (SSSR count). The third kappa shape index (κ3) is 2.10. The van der Waals surface area contributed by atoms with Crippen molar-refractivity contribution in [3.05, 3.63) is 51.5 Å². The summed E-state index contributed by atoms with van der Waals surface area (Å²) < 4.78 is 6.67. The summed E-state index contributed by atoms with van der Waals surface area (Å²) in [5.41, 5.74) is 0.776. The SMILES string of the molecule is Cc1c(C(=O)O)ccn1Cc1ccc([N+](=O)[O-])o1. The quantitative estimate of drug-likeness (QED) is 0.661. The summed E-state index contributed by atoms with van der Waals surface area (Å²) in [6, 6.07) is 4.25. The molecule has 2 heterocycles. The molecule has 0 spiro atoms. The molecule has 1 N–H and O–H groups in total. The fourth-order valence-corrected chi connectivity index (χ4v) is 1.67. The Morgan fingerprint density at radius 1 is 1.50 bits per heavy atom. The number of aromatic carboxylic acids is 1. The number of carbonyl (C=O) groups is 1. The van der Waals surface area contributed by atoms with Crippen molar-refractivity contribution in [3.63, 3.8) is 0 Å². The zero-order valence-electron chi connectivity index (χ0n) is 9.49. The maximum Gasteiger partial charge on any atom is 0.433 e. The number of carboxylic acids is 1. The molecule has 2 aromatic heterocycles. The summed E-state index contributed by atoms with van der Waals surface area (Å²) in [7, 11) is 0. The van der Waals surface area contributed by atoms with E-state index in [-0.39, 0.29) is 18.0 Å². The Kier molecular flexibility index (Phi) is 2.88. The molecule has 0 aliphatic rings. The molecule has 0 amide bonds. The number of aromatic nitrogens is 1. The number of nitro groups is 1. The lowest BCUT2D eigenvalue weighted by molar-refractivity contribution is -0.402. The van der Waals surface area contributed by atoms with Gasteiger partial charge in [0.15, 0.2) is 0 Å². The van der Waals surface area contributed by atoms with E-state index in [4.69, 9.17) is 9.52 Å². The van der Waals surface area contributed by atoms with Crippen molar-refractivity contribution in [2.24, 2.45) is 0 Å². The summed E-state index contributed by atoms with van der Waals surface area (Å²) in [6.07, 6.45) is 1.60. The largest absolute Gasteiger partial charge is 0.478 e.